The van der Waals surface area contributed by atoms with Gasteiger partial charge in [-0.1, -0.05) is 117 Å². The zero-order valence-electron chi connectivity index (χ0n) is 19.6. The summed E-state index contributed by atoms with van der Waals surface area (Å²) in [4.78, 5) is 12.3. The second-order valence-electron chi connectivity index (χ2n) is 8.29. The molecule has 0 N–H and O–H groups in total. The fourth-order valence-electron chi connectivity index (χ4n) is 3.70. The third kappa shape index (κ3) is 20.2. The van der Waals surface area contributed by atoms with Gasteiger partial charge in [0.15, 0.2) is 0 Å². The van der Waals surface area contributed by atoms with Gasteiger partial charge in [0.2, 0.25) is 0 Å². The van der Waals surface area contributed by atoms with Gasteiger partial charge in [-0.05, 0) is 12.8 Å². The van der Waals surface area contributed by atoms with E-state index in [1.807, 2.05) is 0 Å². The Hall–Kier alpha value is 0.580. The minimum Gasteiger partial charge on any atom is -0.747 e. The van der Waals surface area contributed by atoms with Crippen molar-refractivity contribution < 1.29 is 47.3 Å². The van der Waals surface area contributed by atoms with Crippen molar-refractivity contribution in [1.82, 2.24) is 0 Å². The first-order valence-corrected chi connectivity index (χ1v) is 13.4. The van der Waals surface area contributed by atoms with Crippen molar-refractivity contribution >= 4 is 15.9 Å². The molecule has 0 heterocycles. The second-order valence-corrected chi connectivity index (χ2v) is 9.84. The van der Waals surface area contributed by atoms with Crippen molar-refractivity contribution in [3.63, 3.8) is 0 Å². The van der Waals surface area contributed by atoms with E-state index in [4.69, 9.17) is 0 Å². The molecule has 0 aliphatic rings. The number of unbranched alkanes of at least 4 members (excludes halogenated alkanes) is 15. The predicted octanol–water partition coefficient (Wildman–Crippen LogP) is 3.93. The van der Waals surface area contributed by atoms with Crippen LogP contribution in [-0.2, 0) is 14.9 Å². The summed E-state index contributed by atoms with van der Waals surface area (Å²) in [5.74, 6) is -0.360. The van der Waals surface area contributed by atoms with Crippen LogP contribution in [0.5, 0.6) is 0 Å². The Morgan fingerprint density at radius 3 is 1.38 bits per heavy atom. The summed E-state index contributed by atoms with van der Waals surface area (Å²) < 4.78 is 34.5. The number of ketones is 1. The van der Waals surface area contributed by atoms with E-state index in [-0.39, 0.29) is 48.2 Å². The van der Waals surface area contributed by atoms with Crippen LogP contribution in [0.15, 0.2) is 0 Å². The van der Waals surface area contributed by atoms with Gasteiger partial charge < -0.3 is 4.55 Å². The summed E-state index contributed by atoms with van der Waals surface area (Å²) in [5, 5.41) is -1.32. The molecule has 0 radical (unpaired) electrons. The third-order valence-electron chi connectivity index (χ3n) is 5.55. The van der Waals surface area contributed by atoms with Gasteiger partial charge in [0.05, 0.1) is 0 Å². The summed E-state index contributed by atoms with van der Waals surface area (Å²) >= 11 is 0. The number of hydrogen-bond donors (Lipinski definition) is 0. The van der Waals surface area contributed by atoms with E-state index >= 15 is 0 Å². The van der Waals surface area contributed by atoms with Gasteiger partial charge >= 0.3 is 29.6 Å². The van der Waals surface area contributed by atoms with E-state index in [1.54, 1.807) is 0 Å². The molecule has 0 aromatic heterocycles. The largest absolute Gasteiger partial charge is 1.00 e. The van der Waals surface area contributed by atoms with Crippen LogP contribution in [-0.4, -0.2) is 24.0 Å². The van der Waals surface area contributed by atoms with Gasteiger partial charge in [0, 0.05) is 6.42 Å². The second kappa shape index (κ2) is 21.8. The summed E-state index contributed by atoms with van der Waals surface area (Å²) in [6.07, 6.45) is 19.5. The monoisotopic (exact) mass is 440 g/mol. The normalized spacial score (nSPS) is 12.5. The Morgan fingerprint density at radius 2 is 1.00 bits per heavy atom. The van der Waals surface area contributed by atoms with Crippen LogP contribution < -0.4 is 29.6 Å². The maximum Gasteiger partial charge on any atom is 1.00 e. The molecule has 29 heavy (non-hydrogen) atoms. The molecule has 4 nitrogen and oxygen atoms in total. The van der Waals surface area contributed by atoms with E-state index in [0.717, 1.165) is 32.1 Å². The molecule has 0 aromatic rings. The summed E-state index contributed by atoms with van der Waals surface area (Å²) in [6, 6.07) is 0. The van der Waals surface area contributed by atoms with Gasteiger partial charge in [-0.15, -0.1) is 0 Å². The van der Waals surface area contributed by atoms with E-state index in [9.17, 15) is 17.8 Å². The quantitative estimate of drug-likeness (QED) is 0.154. The van der Waals surface area contributed by atoms with Gasteiger partial charge in [-0.25, -0.2) is 8.42 Å². The summed E-state index contributed by atoms with van der Waals surface area (Å²) in [5.41, 5.74) is 0. The molecule has 1 unspecified atom stereocenters. The van der Waals surface area contributed by atoms with Crippen molar-refractivity contribution in [2.45, 2.75) is 141 Å². The van der Waals surface area contributed by atoms with Crippen molar-refractivity contribution in [2.75, 3.05) is 0 Å². The van der Waals surface area contributed by atoms with Crippen LogP contribution in [0.4, 0.5) is 0 Å². The van der Waals surface area contributed by atoms with Crippen molar-refractivity contribution in [3.05, 3.63) is 0 Å². The van der Waals surface area contributed by atoms with Gasteiger partial charge in [-0.2, -0.15) is 0 Å². The minimum atomic E-state index is -4.53. The zero-order chi connectivity index (χ0) is 21.1. The van der Waals surface area contributed by atoms with Crippen molar-refractivity contribution in [1.29, 1.82) is 0 Å². The fourth-order valence-corrected chi connectivity index (χ4v) is 4.60. The SMILES string of the molecule is CCCCCCCCCCCC(=O)C(CCCCCCCCCC)S(=O)(=O)[O-].[Na+]. The Labute approximate surface area is 203 Å². The van der Waals surface area contributed by atoms with Crippen LogP contribution in [0, 0.1) is 0 Å². The molecule has 0 aliphatic heterocycles. The summed E-state index contributed by atoms with van der Waals surface area (Å²) in [6.45, 7) is 4.40. The molecule has 0 aliphatic carbocycles. The molecule has 1 atom stereocenters. The molecule has 0 saturated heterocycles. The zero-order valence-corrected chi connectivity index (χ0v) is 22.4. The van der Waals surface area contributed by atoms with E-state index in [1.165, 1.54) is 64.2 Å². The first-order valence-electron chi connectivity index (χ1n) is 11.9. The molecular formula is C23H45NaO4S. The first-order chi connectivity index (χ1) is 13.4. The van der Waals surface area contributed by atoms with Crippen LogP contribution in [0.2, 0.25) is 0 Å². The van der Waals surface area contributed by atoms with Gasteiger partial charge in [-0.3, -0.25) is 4.79 Å². The standard InChI is InChI=1S/C23H46O4S.Na/c1-3-5-7-9-11-13-14-16-18-20-22(24)23(28(25,26)27)21-19-17-15-12-10-8-6-4-2;/h23H,3-21H2,1-2H3,(H,25,26,27);/q;+1/p-1. The Morgan fingerprint density at radius 1 is 0.655 bits per heavy atom. The molecule has 0 saturated carbocycles. The minimum absolute atomic E-state index is 0. The molecule has 0 aromatic carbocycles. The third-order valence-corrected chi connectivity index (χ3v) is 6.75. The van der Waals surface area contributed by atoms with Crippen LogP contribution >= 0.6 is 0 Å². The summed E-state index contributed by atoms with van der Waals surface area (Å²) in [7, 11) is -4.53. The van der Waals surface area contributed by atoms with E-state index in [2.05, 4.69) is 13.8 Å². The number of carbonyl (C=O) groups excluding carboxylic acids is 1. The van der Waals surface area contributed by atoms with Gasteiger partial charge in [0.25, 0.3) is 0 Å². The van der Waals surface area contributed by atoms with Crippen LogP contribution in [0.1, 0.15) is 136 Å². The Balaban J connectivity index is 0. The first kappa shape index (κ1) is 31.8. The predicted molar refractivity (Wildman–Crippen MR) is 118 cm³/mol. The van der Waals surface area contributed by atoms with E-state index < -0.39 is 15.4 Å². The Kier molecular flexibility index (Phi) is 23.9. The van der Waals surface area contributed by atoms with Gasteiger partial charge in [0.1, 0.15) is 21.2 Å². The average molecular weight is 441 g/mol. The maximum absolute atomic E-state index is 12.3. The fraction of sp³-hybridized carbons (Fsp3) is 0.957. The van der Waals surface area contributed by atoms with Crippen LogP contribution in [0.3, 0.4) is 0 Å². The molecule has 0 fully saturated rings. The van der Waals surface area contributed by atoms with E-state index in [0.29, 0.717) is 12.8 Å². The number of rotatable bonds is 21. The molecule has 0 amide bonds. The molecule has 6 heteroatoms. The number of Topliss-reactive ketones (excluding diaryl/α,β-unsaturated/α-hetero) is 1. The maximum atomic E-state index is 12.3. The molecule has 168 valence electrons. The number of carbonyl (C=O) groups is 1. The Bertz CT molecular complexity index is 465. The molecule has 0 rings (SSSR count). The van der Waals surface area contributed by atoms with Crippen LogP contribution in [0.25, 0.3) is 0 Å². The van der Waals surface area contributed by atoms with Crippen molar-refractivity contribution in [2.24, 2.45) is 0 Å². The molecule has 0 spiro atoms. The topological polar surface area (TPSA) is 74.3 Å². The smallest absolute Gasteiger partial charge is 0.747 e. The number of hydrogen-bond acceptors (Lipinski definition) is 4. The van der Waals surface area contributed by atoms with Crippen molar-refractivity contribution in [3.8, 4) is 0 Å². The average Bonchev–Trinajstić information content (AvgIpc) is 2.64. The molecule has 0 bridgehead atoms. The molecular weight excluding hydrogens is 395 g/mol.